The summed E-state index contributed by atoms with van der Waals surface area (Å²) < 4.78 is 0. The highest BCUT2D eigenvalue weighted by atomic mass is 16.4. The summed E-state index contributed by atoms with van der Waals surface area (Å²) in [5, 5.41) is 17.7. The number of nitrogens with zero attached hydrogens (tertiary/aromatic N) is 1. The van der Waals surface area contributed by atoms with E-state index in [-0.39, 0.29) is 12.8 Å². The number of H-pyrrole nitrogens is 2. The molecule has 0 saturated carbocycles. The average molecular weight is 513 g/mol. The number of aromatic nitrogens is 3. The van der Waals surface area contributed by atoms with Gasteiger partial charge in [-0.15, -0.1) is 0 Å². The van der Waals surface area contributed by atoms with Crippen molar-refractivity contribution in [3.63, 3.8) is 0 Å². The molecular formula is C23H28N8O6. The van der Waals surface area contributed by atoms with Gasteiger partial charge in [0, 0.05) is 41.8 Å². The molecule has 3 rings (SSSR count). The Morgan fingerprint density at radius 3 is 2.30 bits per heavy atom. The maximum absolute atomic E-state index is 13.3. The van der Waals surface area contributed by atoms with Crippen LogP contribution in [0.2, 0.25) is 0 Å². The SMILES string of the molecule is NCC(=O)NC(CC(N)=O)C(=O)NC(Cc1c[nH]c2ccccc12)C(=O)NC(Cc1cnc[nH]1)C(=O)O. The van der Waals surface area contributed by atoms with Crippen molar-refractivity contribution in [1.29, 1.82) is 0 Å². The van der Waals surface area contributed by atoms with Crippen molar-refractivity contribution in [2.45, 2.75) is 37.4 Å². The number of benzene rings is 1. The number of nitrogens with one attached hydrogen (secondary N) is 5. The van der Waals surface area contributed by atoms with Crippen molar-refractivity contribution in [3.8, 4) is 0 Å². The molecule has 14 heteroatoms. The van der Waals surface area contributed by atoms with Crippen molar-refractivity contribution in [2.24, 2.45) is 11.5 Å². The number of imidazole rings is 1. The first-order chi connectivity index (χ1) is 17.7. The monoisotopic (exact) mass is 512 g/mol. The summed E-state index contributed by atoms with van der Waals surface area (Å²) >= 11 is 0. The topological polar surface area (TPSA) is 238 Å². The van der Waals surface area contributed by atoms with Gasteiger partial charge in [0.05, 0.1) is 19.3 Å². The van der Waals surface area contributed by atoms with Crippen molar-refractivity contribution in [1.82, 2.24) is 30.9 Å². The fraction of sp³-hybridized carbons (Fsp3) is 0.304. The number of primary amides is 1. The lowest BCUT2D eigenvalue weighted by molar-refractivity contribution is -0.142. The third-order valence-corrected chi connectivity index (χ3v) is 5.57. The molecule has 0 aliphatic carbocycles. The molecule has 0 bridgehead atoms. The minimum absolute atomic E-state index is 0.0217. The molecule has 37 heavy (non-hydrogen) atoms. The Kier molecular flexibility index (Phi) is 8.94. The fourth-order valence-electron chi connectivity index (χ4n) is 3.75. The van der Waals surface area contributed by atoms with E-state index in [0.717, 1.165) is 10.9 Å². The maximum Gasteiger partial charge on any atom is 0.326 e. The molecule has 0 aliphatic heterocycles. The van der Waals surface area contributed by atoms with Gasteiger partial charge in [0.2, 0.25) is 23.6 Å². The van der Waals surface area contributed by atoms with Crippen molar-refractivity contribution < 1.29 is 29.1 Å². The Morgan fingerprint density at radius 2 is 1.65 bits per heavy atom. The number of rotatable bonds is 13. The molecule has 0 aliphatic rings. The van der Waals surface area contributed by atoms with E-state index in [4.69, 9.17) is 11.5 Å². The zero-order valence-corrected chi connectivity index (χ0v) is 19.7. The number of hydrogen-bond donors (Lipinski definition) is 8. The van der Waals surface area contributed by atoms with Crippen molar-refractivity contribution >= 4 is 40.5 Å². The summed E-state index contributed by atoms with van der Waals surface area (Å²) in [6, 6.07) is 3.33. The van der Waals surface area contributed by atoms with Crippen LogP contribution in [0.5, 0.6) is 0 Å². The molecule has 0 radical (unpaired) electrons. The maximum atomic E-state index is 13.3. The molecule has 0 fully saturated rings. The van der Waals surface area contributed by atoms with Crippen LogP contribution in [0.25, 0.3) is 10.9 Å². The highest BCUT2D eigenvalue weighted by Crippen LogP contribution is 2.19. The zero-order chi connectivity index (χ0) is 26.9. The smallest absolute Gasteiger partial charge is 0.326 e. The minimum Gasteiger partial charge on any atom is -0.480 e. The van der Waals surface area contributed by atoms with Crippen molar-refractivity contribution in [2.75, 3.05) is 6.54 Å². The number of aliphatic carboxylic acids is 1. The largest absolute Gasteiger partial charge is 0.480 e. The number of carbonyl (C=O) groups is 5. The second-order valence-corrected chi connectivity index (χ2v) is 8.30. The molecule has 4 amide bonds. The summed E-state index contributed by atoms with van der Waals surface area (Å²) in [6.07, 6.45) is 3.86. The second-order valence-electron chi connectivity index (χ2n) is 8.30. The van der Waals surface area contributed by atoms with E-state index in [1.165, 1.54) is 12.5 Å². The summed E-state index contributed by atoms with van der Waals surface area (Å²) in [4.78, 5) is 71.1. The van der Waals surface area contributed by atoms with E-state index < -0.39 is 60.7 Å². The first kappa shape index (κ1) is 26.9. The lowest BCUT2D eigenvalue weighted by Gasteiger charge is -2.24. The van der Waals surface area contributed by atoms with Crippen LogP contribution in [-0.2, 0) is 36.8 Å². The van der Waals surface area contributed by atoms with Gasteiger partial charge >= 0.3 is 5.97 Å². The number of hydrogen-bond acceptors (Lipinski definition) is 7. The number of carboxylic acid groups (broad SMARTS) is 1. The normalized spacial score (nSPS) is 13.3. The molecule has 14 nitrogen and oxygen atoms in total. The number of aromatic amines is 2. The van der Waals surface area contributed by atoms with E-state index in [1.54, 1.807) is 6.20 Å². The number of para-hydroxylation sites is 1. The van der Waals surface area contributed by atoms with Gasteiger partial charge in [-0.1, -0.05) is 18.2 Å². The zero-order valence-electron chi connectivity index (χ0n) is 19.7. The standard InChI is InChI=1S/C23H28N8O6/c24-8-20(33)29-17(7-19(25)32)22(35)30-16(5-12-9-27-15-4-2-1-3-14(12)15)21(34)31-18(23(36)37)6-13-10-26-11-28-13/h1-4,9-11,16-18,27H,5-8,24H2,(H2,25,32)(H,26,28)(H,29,33)(H,30,35)(H,31,34)(H,36,37). The van der Waals surface area contributed by atoms with Gasteiger partial charge in [-0.25, -0.2) is 9.78 Å². The van der Waals surface area contributed by atoms with Crippen LogP contribution >= 0.6 is 0 Å². The van der Waals surface area contributed by atoms with Crippen LogP contribution in [0, 0.1) is 0 Å². The first-order valence-corrected chi connectivity index (χ1v) is 11.3. The molecule has 10 N–H and O–H groups in total. The average Bonchev–Trinajstić information content (AvgIpc) is 3.52. The number of carboxylic acids is 1. The van der Waals surface area contributed by atoms with Crippen LogP contribution in [0.4, 0.5) is 0 Å². The van der Waals surface area contributed by atoms with E-state index in [1.807, 2.05) is 24.3 Å². The van der Waals surface area contributed by atoms with Crippen molar-refractivity contribution in [3.05, 3.63) is 54.2 Å². The molecule has 1 aromatic carbocycles. The number of nitrogens with two attached hydrogens (primary N) is 2. The van der Waals surface area contributed by atoms with Gasteiger partial charge in [0.15, 0.2) is 0 Å². The summed E-state index contributed by atoms with van der Waals surface area (Å²) in [5.41, 5.74) is 12.5. The molecule has 3 aromatic rings. The molecule has 3 unspecified atom stereocenters. The van der Waals surface area contributed by atoms with Crippen LogP contribution in [-0.4, -0.2) is 74.3 Å². The molecule has 3 atom stereocenters. The Hall–Kier alpha value is -4.72. The van der Waals surface area contributed by atoms with Gasteiger partial charge < -0.3 is 42.5 Å². The lowest BCUT2D eigenvalue weighted by atomic mass is 10.0. The highest BCUT2D eigenvalue weighted by Gasteiger charge is 2.31. The van der Waals surface area contributed by atoms with E-state index in [0.29, 0.717) is 11.3 Å². The molecule has 196 valence electrons. The molecule has 2 aromatic heterocycles. The minimum atomic E-state index is -1.38. The Labute approximate surface area is 210 Å². The molecule has 0 saturated heterocycles. The Morgan fingerprint density at radius 1 is 0.946 bits per heavy atom. The van der Waals surface area contributed by atoms with Crippen LogP contribution < -0.4 is 27.4 Å². The predicted octanol–water partition coefficient (Wildman–Crippen LogP) is -1.95. The summed E-state index contributed by atoms with van der Waals surface area (Å²) in [6.45, 7) is -0.435. The number of fused-ring (bicyclic) bond motifs is 1. The predicted molar refractivity (Wildman–Crippen MR) is 131 cm³/mol. The lowest BCUT2D eigenvalue weighted by Crippen LogP contribution is -2.57. The van der Waals surface area contributed by atoms with Gasteiger partial charge in [-0.2, -0.15) is 0 Å². The van der Waals surface area contributed by atoms with Gasteiger partial charge in [-0.3, -0.25) is 19.2 Å². The number of amides is 4. The van der Waals surface area contributed by atoms with Gasteiger partial charge in [0.25, 0.3) is 0 Å². The van der Waals surface area contributed by atoms with E-state index in [2.05, 4.69) is 30.9 Å². The third-order valence-electron chi connectivity index (χ3n) is 5.57. The molecule has 0 spiro atoms. The molecular weight excluding hydrogens is 484 g/mol. The van der Waals surface area contributed by atoms with Gasteiger partial charge in [0.1, 0.15) is 18.1 Å². The number of carbonyl (C=O) groups excluding carboxylic acids is 4. The fourth-order valence-corrected chi connectivity index (χ4v) is 3.75. The highest BCUT2D eigenvalue weighted by molar-refractivity contribution is 5.96. The van der Waals surface area contributed by atoms with Crippen LogP contribution in [0.15, 0.2) is 43.0 Å². The first-order valence-electron chi connectivity index (χ1n) is 11.3. The van der Waals surface area contributed by atoms with Crippen LogP contribution in [0.3, 0.4) is 0 Å². The second kappa shape index (κ2) is 12.3. The van der Waals surface area contributed by atoms with Crippen LogP contribution in [0.1, 0.15) is 17.7 Å². The summed E-state index contributed by atoms with van der Waals surface area (Å²) in [7, 11) is 0. The summed E-state index contributed by atoms with van der Waals surface area (Å²) in [5.74, 6) is -4.50. The van der Waals surface area contributed by atoms with E-state index >= 15 is 0 Å². The van der Waals surface area contributed by atoms with E-state index in [9.17, 15) is 29.1 Å². The Balaban J connectivity index is 1.86. The van der Waals surface area contributed by atoms with Gasteiger partial charge in [-0.05, 0) is 11.6 Å². The quantitative estimate of drug-likeness (QED) is 0.128. The third kappa shape index (κ3) is 7.38. The Bertz CT molecular complexity index is 1270. The molecule has 2 heterocycles.